The van der Waals surface area contributed by atoms with E-state index in [9.17, 15) is 4.79 Å². The Kier molecular flexibility index (Phi) is 5.26. The van der Waals surface area contributed by atoms with E-state index >= 15 is 0 Å². The van der Waals surface area contributed by atoms with E-state index in [2.05, 4.69) is 27.4 Å². The van der Waals surface area contributed by atoms with Gasteiger partial charge in [0.1, 0.15) is 5.75 Å². The summed E-state index contributed by atoms with van der Waals surface area (Å²) < 4.78 is 7.07. The van der Waals surface area contributed by atoms with Crippen molar-refractivity contribution in [3.05, 3.63) is 41.7 Å². The van der Waals surface area contributed by atoms with Crippen LogP contribution in [0.25, 0.3) is 0 Å². The molecular weight excluding hydrogens is 316 g/mol. The van der Waals surface area contributed by atoms with Gasteiger partial charge in [0, 0.05) is 38.4 Å². The molecule has 134 valence electrons. The lowest BCUT2D eigenvalue weighted by Crippen LogP contribution is -2.31. The van der Waals surface area contributed by atoms with Crippen LogP contribution in [0.15, 0.2) is 30.5 Å². The summed E-state index contributed by atoms with van der Waals surface area (Å²) >= 11 is 0. The number of amides is 1. The first-order valence-electron chi connectivity index (χ1n) is 8.80. The van der Waals surface area contributed by atoms with Crippen LogP contribution < -0.4 is 15.0 Å². The molecule has 25 heavy (non-hydrogen) atoms. The summed E-state index contributed by atoms with van der Waals surface area (Å²) in [5.41, 5.74) is 2.84. The SMILES string of the molecule is CCc1c(C(=O)NCC2CCN(c3cccc(OC)c3)C2)cnn1C. The van der Waals surface area contributed by atoms with Gasteiger partial charge in [0.15, 0.2) is 0 Å². The highest BCUT2D eigenvalue weighted by Crippen LogP contribution is 2.26. The number of aryl methyl sites for hydroxylation is 1. The molecule has 0 radical (unpaired) electrons. The zero-order chi connectivity index (χ0) is 17.8. The molecule has 1 atom stereocenters. The van der Waals surface area contributed by atoms with E-state index in [0.29, 0.717) is 18.0 Å². The Balaban J connectivity index is 1.55. The van der Waals surface area contributed by atoms with Gasteiger partial charge in [0.05, 0.1) is 24.6 Å². The van der Waals surface area contributed by atoms with Crippen molar-refractivity contribution >= 4 is 11.6 Å². The fourth-order valence-corrected chi connectivity index (χ4v) is 3.45. The summed E-state index contributed by atoms with van der Waals surface area (Å²) in [6, 6.07) is 8.13. The van der Waals surface area contributed by atoms with E-state index in [0.717, 1.165) is 37.4 Å². The number of nitrogens with zero attached hydrogens (tertiary/aromatic N) is 3. The second-order valence-corrected chi connectivity index (χ2v) is 6.49. The third-order valence-electron chi connectivity index (χ3n) is 4.90. The van der Waals surface area contributed by atoms with Crippen molar-refractivity contribution in [3.63, 3.8) is 0 Å². The lowest BCUT2D eigenvalue weighted by Gasteiger charge is -2.19. The third kappa shape index (κ3) is 3.78. The number of carbonyl (C=O) groups is 1. The Morgan fingerprint density at radius 3 is 3.04 bits per heavy atom. The molecule has 6 nitrogen and oxygen atoms in total. The smallest absolute Gasteiger partial charge is 0.254 e. The van der Waals surface area contributed by atoms with Crippen LogP contribution in [0.4, 0.5) is 5.69 Å². The van der Waals surface area contributed by atoms with Crippen LogP contribution in [0.2, 0.25) is 0 Å². The summed E-state index contributed by atoms with van der Waals surface area (Å²) in [6.45, 7) is 4.68. The van der Waals surface area contributed by atoms with Gasteiger partial charge in [0.2, 0.25) is 0 Å². The molecule has 1 saturated heterocycles. The van der Waals surface area contributed by atoms with E-state index in [1.165, 1.54) is 5.69 Å². The largest absolute Gasteiger partial charge is 0.497 e. The van der Waals surface area contributed by atoms with Gasteiger partial charge in [-0.15, -0.1) is 0 Å². The Morgan fingerprint density at radius 1 is 1.44 bits per heavy atom. The van der Waals surface area contributed by atoms with Crippen molar-refractivity contribution in [2.45, 2.75) is 19.8 Å². The number of hydrogen-bond donors (Lipinski definition) is 1. The first-order valence-corrected chi connectivity index (χ1v) is 8.80. The molecule has 1 aromatic carbocycles. The molecule has 2 aromatic rings. The zero-order valence-corrected chi connectivity index (χ0v) is 15.2. The molecule has 0 aliphatic carbocycles. The second-order valence-electron chi connectivity index (χ2n) is 6.49. The first-order chi connectivity index (χ1) is 12.1. The number of anilines is 1. The van der Waals surface area contributed by atoms with E-state index in [1.807, 2.05) is 26.1 Å². The summed E-state index contributed by atoms with van der Waals surface area (Å²) in [7, 11) is 3.56. The predicted molar refractivity (Wildman–Crippen MR) is 98.2 cm³/mol. The highest BCUT2D eigenvalue weighted by Gasteiger charge is 2.24. The topological polar surface area (TPSA) is 59.4 Å². The molecule has 0 bridgehead atoms. The number of ether oxygens (including phenoxy) is 1. The minimum Gasteiger partial charge on any atom is -0.497 e. The van der Waals surface area contributed by atoms with Gasteiger partial charge in [-0.2, -0.15) is 5.10 Å². The van der Waals surface area contributed by atoms with Crippen LogP contribution in [-0.2, 0) is 13.5 Å². The van der Waals surface area contributed by atoms with Crippen molar-refractivity contribution in [1.82, 2.24) is 15.1 Å². The van der Waals surface area contributed by atoms with Crippen LogP contribution in [0.5, 0.6) is 5.75 Å². The Labute approximate surface area is 148 Å². The third-order valence-corrected chi connectivity index (χ3v) is 4.90. The van der Waals surface area contributed by atoms with Gasteiger partial charge >= 0.3 is 0 Å². The minimum absolute atomic E-state index is 0.0234. The van der Waals surface area contributed by atoms with Gasteiger partial charge in [-0.05, 0) is 30.9 Å². The van der Waals surface area contributed by atoms with Crippen LogP contribution in [0.1, 0.15) is 29.4 Å². The molecule has 3 rings (SSSR count). The summed E-state index contributed by atoms with van der Waals surface area (Å²) in [5, 5.41) is 7.27. The van der Waals surface area contributed by atoms with Gasteiger partial charge in [-0.3, -0.25) is 9.48 Å². The quantitative estimate of drug-likeness (QED) is 0.875. The van der Waals surface area contributed by atoms with Gasteiger partial charge in [-0.1, -0.05) is 13.0 Å². The maximum Gasteiger partial charge on any atom is 0.254 e. The van der Waals surface area contributed by atoms with Crippen molar-refractivity contribution in [1.29, 1.82) is 0 Å². The Bertz CT molecular complexity index is 741. The van der Waals surface area contributed by atoms with Crippen molar-refractivity contribution in [2.75, 3.05) is 31.6 Å². The molecule has 1 fully saturated rings. The number of benzene rings is 1. The van der Waals surface area contributed by atoms with Gasteiger partial charge < -0.3 is 15.0 Å². The second kappa shape index (κ2) is 7.59. The maximum atomic E-state index is 12.4. The Hall–Kier alpha value is -2.50. The average Bonchev–Trinajstić information content (AvgIpc) is 3.26. The minimum atomic E-state index is -0.0234. The van der Waals surface area contributed by atoms with Crippen LogP contribution in [0.3, 0.4) is 0 Å². The summed E-state index contributed by atoms with van der Waals surface area (Å²) in [4.78, 5) is 14.8. The lowest BCUT2D eigenvalue weighted by atomic mass is 10.1. The summed E-state index contributed by atoms with van der Waals surface area (Å²) in [5.74, 6) is 1.31. The van der Waals surface area contributed by atoms with Crippen molar-refractivity contribution in [2.24, 2.45) is 13.0 Å². The summed E-state index contributed by atoms with van der Waals surface area (Å²) in [6.07, 6.45) is 3.53. The van der Waals surface area contributed by atoms with E-state index < -0.39 is 0 Å². The monoisotopic (exact) mass is 342 g/mol. The standard InChI is InChI=1S/C19H26N4O2/c1-4-18-17(12-21-22(18)2)19(24)20-11-14-8-9-23(13-14)15-6-5-7-16(10-15)25-3/h5-7,10,12,14H,4,8-9,11,13H2,1-3H3,(H,20,24). The van der Waals surface area contributed by atoms with Crippen LogP contribution in [-0.4, -0.2) is 42.4 Å². The molecule has 2 heterocycles. The Morgan fingerprint density at radius 2 is 2.28 bits per heavy atom. The molecule has 1 aromatic heterocycles. The van der Waals surface area contributed by atoms with E-state index in [1.54, 1.807) is 18.0 Å². The van der Waals surface area contributed by atoms with E-state index in [4.69, 9.17) is 4.74 Å². The van der Waals surface area contributed by atoms with Crippen molar-refractivity contribution < 1.29 is 9.53 Å². The number of hydrogen-bond acceptors (Lipinski definition) is 4. The molecule has 1 aliphatic heterocycles. The number of carbonyl (C=O) groups excluding carboxylic acids is 1. The molecular formula is C19H26N4O2. The molecule has 1 unspecified atom stereocenters. The first kappa shape index (κ1) is 17.3. The molecule has 1 N–H and O–H groups in total. The molecule has 0 spiro atoms. The fraction of sp³-hybridized carbons (Fsp3) is 0.474. The number of nitrogens with one attached hydrogen (secondary N) is 1. The predicted octanol–water partition coefficient (Wildman–Crippen LogP) is 2.25. The van der Waals surface area contributed by atoms with Crippen LogP contribution >= 0.6 is 0 Å². The molecule has 0 saturated carbocycles. The zero-order valence-electron chi connectivity index (χ0n) is 15.2. The fourth-order valence-electron chi connectivity index (χ4n) is 3.45. The lowest BCUT2D eigenvalue weighted by molar-refractivity contribution is 0.0947. The maximum absolute atomic E-state index is 12.4. The van der Waals surface area contributed by atoms with Crippen LogP contribution in [0, 0.1) is 5.92 Å². The average molecular weight is 342 g/mol. The highest BCUT2D eigenvalue weighted by atomic mass is 16.5. The van der Waals surface area contributed by atoms with Gasteiger partial charge in [0.25, 0.3) is 5.91 Å². The number of aromatic nitrogens is 2. The van der Waals surface area contributed by atoms with Crippen molar-refractivity contribution in [3.8, 4) is 5.75 Å². The number of methoxy groups -OCH3 is 1. The van der Waals surface area contributed by atoms with Gasteiger partial charge in [-0.25, -0.2) is 0 Å². The highest BCUT2D eigenvalue weighted by molar-refractivity contribution is 5.95. The molecule has 1 aliphatic rings. The van der Waals surface area contributed by atoms with E-state index in [-0.39, 0.29) is 5.91 Å². The molecule has 1 amide bonds. The number of rotatable bonds is 6. The molecule has 6 heteroatoms. The normalized spacial score (nSPS) is 16.9.